The zero-order chi connectivity index (χ0) is 14.7. The Morgan fingerprint density at radius 3 is 1.62 bits per heavy atom. The smallest absolute Gasteiger partial charge is 0.0720 e. The molecule has 0 saturated carbocycles. The minimum atomic E-state index is -0.624. The normalized spacial score (nSPS) is 10.8. The second-order valence-electron chi connectivity index (χ2n) is 4.48. The lowest BCUT2D eigenvalue weighted by molar-refractivity contribution is 1.39. The van der Waals surface area contributed by atoms with Gasteiger partial charge in [-0.1, -0.05) is 62.2 Å². The van der Waals surface area contributed by atoms with E-state index in [1.165, 1.54) is 10.6 Å². The van der Waals surface area contributed by atoms with E-state index >= 15 is 0 Å². The van der Waals surface area contributed by atoms with Crippen LogP contribution in [0, 0.1) is 0 Å². The van der Waals surface area contributed by atoms with Crippen LogP contribution in [0.25, 0.3) is 0 Å². The van der Waals surface area contributed by atoms with Crippen molar-refractivity contribution in [3.8, 4) is 0 Å². The molecule has 4 heteroatoms. The molecule has 3 rings (SSSR count). The number of pyridine rings is 1. The van der Waals surface area contributed by atoms with Crippen LogP contribution in [-0.2, 0) is 0 Å². The topological polar surface area (TPSA) is 12.9 Å². The third-order valence-corrected chi connectivity index (χ3v) is 6.46. The van der Waals surface area contributed by atoms with Crippen molar-refractivity contribution in [1.82, 2.24) is 4.98 Å². The number of rotatable bonds is 3. The first-order valence-corrected chi connectivity index (χ1v) is 9.39. The molecular weight excluding hydrogens is 409 g/mol. The van der Waals surface area contributed by atoms with Gasteiger partial charge in [0.1, 0.15) is 0 Å². The quantitative estimate of drug-likeness (QED) is 0.573. The highest BCUT2D eigenvalue weighted by Crippen LogP contribution is 2.32. The Hall–Kier alpha value is -1.02. The summed E-state index contributed by atoms with van der Waals surface area (Å²) >= 11 is 7.00. The Balaban J connectivity index is 2.11. The van der Waals surface area contributed by atoms with Crippen LogP contribution >= 0.6 is 39.8 Å². The van der Waals surface area contributed by atoms with Gasteiger partial charge in [0.25, 0.3) is 0 Å². The fraction of sp³-hybridized carbons (Fsp3) is 0. The summed E-state index contributed by atoms with van der Waals surface area (Å²) in [5, 5.41) is 2.60. The van der Waals surface area contributed by atoms with E-state index in [4.69, 9.17) is 0 Å². The number of nitrogens with zero attached hydrogens (tertiary/aromatic N) is 1. The van der Waals surface area contributed by atoms with Crippen molar-refractivity contribution >= 4 is 55.8 Å². The van der Waals surface area contributed by atoms with E-state index in [1.54, 1.807) is 0 Å². The van der Waals surface area contributed by atoms with E-state index in [0.29, 0.717) is 0 Å². The standard InChI is InChI=1S/C17H12Br2NP/c18-13-4-8-15(9-5-13)21(17-3-1-2-12-20-17)16-10-6-14(19)7-11-16/h1-12H. The zero-order valence-corrected chi connectivity index (χ0v) is 15.1. The third-order valence-electron chi connectivity index (χ3n) is 3.05. The lowest BCUT2D eigenvalue weighted by Gasteiger charge is -2.18. The summed E-state index contributed by atoms with van der Waals surface area (Å²) < 4.78 is 2.19. The number of aromatic nitrogens is 1. The van der Waals surface area contributed by atoms with E-state index in [0.717, 1.165) is 14.4 Å². The van der Waals surface area contributed by atoms with Gasteiger partial charge in [-0.25, -0.2) is 0 Å². The van der Waals surface area contributed by atoms with E-state index in [1.807, 2.05) is 12.3 Å². The second-order valence-corrected chi connectivity index (χ2v) is 8.47. The summed E-state index contributed by atoms with van der Waals surface area (Å²) in [6.07, 6.45) is 1.86. The van der Waals surface area contributed by atoms with Crippen LogP contribution in [0.2, 0.25) is 0 Å². The molecule has 0 aliphatic heterocycles. The van der Waals surface area contributed by atoms with Crippen molar-refractivity contribution in [3.05, 3.63) is 81.9 Å². The maximum absolute atomic E-state index is 4.58. The molecule has 104 valence electrons. The molecule has 2 aromatic carbocycles. The Bertz CT molecular complexity index is 667. The number of hydrogen-bond acceptors (Lipinski definition) is 1. The van der Waals surface area contributed by atoms with E-state index < -0.39 is 7.92 Å². The summed E-state index contributed by atoms with van der Waals surface area (Å²) in [6.45, 7) is 0. The van der Waals surface area contributed by atoms with Crippen molar-refractivity contribution in [1.29, 1.82) is 0 Å². The van der Waals surface area contributed by atoms with Gasteiger partial charge in [-0.15, -0.1) is 0 Å². The fourth-order valence-electron chi connectivity index (χ4n) is 2.08. The molecule has 0 radical (unpaired) electrons. The third kappa shape index (κ3) is 3.60. The van der Waals surface area contributed by atoms with Crippen LogP contribution in [0.1, 0.15) is 0 Å². The monoisotopic (exact) mass is 419 g/mol. The van der Waals surface area contributed by atoms with Gasteiger partial charge in [-0.2, -0.15) is 0 Å². The predicted octanol–water partition coefficient (Wildman–Crippen LogP) is 4.36. The van der Waals surface area contributed by atoms with Gasteiger partial charge in [-0.3, -0.25) is 4.98 Å². The highest BCUT2D eigenvalue weighted by atomic mass is 79.9. The van der Waals surface area contributed by atoms with Crippen molar-refractivity contribution in [2.45, 2.75) is 0 Å². The summed E-state index contributed by atoms with van der Waals surface area (Å²) in [7, 11) is -0.624. The molecule has 21 heavy (non-hydrogen) atoms. The molecule has 0 N–H and O–H groups in total. The summed E-state index contributed by atoms with van der Waals surface area (Å²) in [5.74, 6) is 0. The van der Waals surface area contributed by atoms with Gasteiger partial charge < -0.3 is 0 Å². The molecular formula is C17H12Br2NP. The first kappa shape index (κ1) is 14.9. The van der Waals surface area contributed by atoms with Crippen LogP contribution in [0.5, 0.6) is 0 Å². The first-order valence-electron chi connectivity index (χ1n) is 6.46. The Kier molecular flexibility index (Phi) is 4.84. The zero-order valence-electron chi connectivity index (χ0n) is 11.1. The average molecular weight is 421 g/mol. The number of hydrogen-bond donors (Lipinski definition) is 0. The van der Waals surface area contributed by atoms with E-state index in [9.17, 15) is 0 Å². The number of halogens is 2. The molecule has 1 nitrogen and oxygen atoms in total. The first-order chi connectivity index (χ1) is 10.2. The fourth-order valence-corrected chi connectivity index (χ4v) is 4.75. The van der Waals surface area contributed by atoms with Gasteiger partial charge in [-0.05, 0) is 47.0 Å². The van der Waals surface area contributed by atoms with E-state index in [-0.39, 0.29) is 0 Å². The Morgan fingerprint density at radius 1 is 0.667 bits per heavy atom. The number of benzene rings is 2. The SMILES string of the molecule is Brc1ccc(P(c2ccc(Br)cc2)c2ccccn2)cc1. The highest BCUT2D eigenvalue weighted by Gasteiger charge is 2.17. The molecule has 0 saturated heterocycles. The Labute approximate surface area is 142 Å². The summed E-state index contributed by atoms with van der Waals surface area (Å²) in [4.78, 5) is 4.58. The van der Waals surface area contributed by atoms with Crippen LogP contribution in [0.15, 0.2) is 81.9 Å². The minimum absolute atomic E-state index is 0.624. The molecule has 1 aromatic heterocycles. The second kappa shape index (κ2) is 6.83. The molecule has 0 spiro atoms. The molecule has 3 aromatic rings. The molecule has 0 bridgehead atoms. The molecule has 0 atom stereocenters. The van der Waals surface area contributed by atoms with Crippen molar-refractivity contribution in [2.75, 3.05) is 0 Å². The maximum Gasteiger partial charge on any atom is 0.0720 e. The minimum Gasteiger partial charge on any atom is -0.256 e. The van der Waals surface area contributed by atoms with Gasteiger partial charge in [0.15, 0.2) is 0 Å². The maximum atomic E-state index is 4.58. The summed E-state index contributed by atoms with van der Waals surface area (Å²) in [5.41, 5.74) is 1.12. The molecule has 0 aliphatic rings. The van der Waals surface area contributed by atoms with Gasteiger partial charge in [0.05, 0.1) is 5.44 Å². The Morgan fingerprint density at radius 2 is 1.19 bits per heavy atom. The molecule has 0 aliphatic carbocycles. The lowest BCUT2D eigenvalue weighted by atomic mass is 10.4. The van der Waals surface area contributed by atoms with Crippen molar-refractivity contribution < 1.29 is 0 Å². The predicted molar refractivity (Wildman–Crippen MR) is 98.3 cm³/mol. The van der Waals surface area contributed by atoms with Crippen LogP contribution < -0.4 is 16.0 Å². The van der Waals surface area contributed by atoms with Gasteiger partial charge in [0, 0.05) is 23.1 Å². The van der Waals surface area contributed by atoms with E-state index in [2.05, 4.69) is 97.5 Å². The van der Waals surface area contributed by atoms with Crippen LogP contribution in [0.4, 0.5) is 0 Å². The van der Waals surface area contributed by atoms with Crippen molar-refractivity contribution in [3.63, 3.8) is 0 Å². The molecule has 0 fully saturated rings. The molecule has 0 amide bonds. The largest absolute Gasteiger partial charge is 0.256 e. The van der Waals surface area contributed by atoms with Crippen LogP contribution in [0.3, 0.4) is 0 Å². The van der Waals surface area contributed by atoms with Gasteiger partial charge >= 0.3 is 0 Å². The molecule has 1 heterocycles. The van der Waals surface area contributed by atoms with Crippen molar-refractivity contribution in [2.24, 2.45) is 0 Å². The van der Waals surface area contributed by atoms with Gasteiger partial charge in [0.2, 0.25) is 0 Å². The average Bonchev–Trinajstić information content (AvgIpc) is 2.52. The lowest BCUT2D eigenvalue weighted by Crippen LogP contribution is -2.22. The highest BCUT2D eigenvalue weighted by molar-refractivity contribution is 9.10. The molecule has 0 unspecified atom stereocenters. The van der Waals surface area contributed by atoms with Crippen LogP contribution in [-0.4, -0.2) is 4.98 Å². The summed E-state index contributed by atoms with van der Waals surface area (Å²) in [6, 6.07) is 23.2.